The summed E-state index contributed by atoms with van der Waals surface area (Å²) >= 11 is 5.91. The summed E-state index contributed by atoms with van der Waals surface area (Å²) in [6.07, 6.45) is 0.498. The molecule has 132 valence electrons. The third-order valence-electron chi connectivity index (χ3n) is 4.67. The Morgan fingerprint density at radius 1 is 1.28 bits per heavy atom. The molecule has 6 nitrogen and oxygen atoms in total. The molecule has 1 amide bonds. The number of halogens is 1. The molecular weight excluding hydrogens is 342 g/mol. The standard InChI is InChI=1S/C18H20ClN3O3/c1-11-16(17(23)21-8-7-14(10-21)18(24)25)12(2)22(20-11)9-13-3-5-15(19)6-4-13/h3-6,14H,7-10H2,1-2H3,(H,24,25). The van der Waals surface area contributed by atoms with Crippen molar-refractivity contribution in [1.82, 2.24) is 14.7 Å². The SMILES string of the molecule is Cc1nn(Cc2ccc(Cl)cc2)c(C)c1C(=O)N1CCC(C(=O)O)C1. The van der Waals surface area contributed by atoms with Gasteiger partial charge in [-0.25, -0.2) is 0 Å². The molecule has 0 spiro atoms. The van der Waals surface area contributed by atoms with Gasteiger partial charge >= 0.3 is 5.97 Å². The molecule has 1 aliphatic rings. The lowest BCUT2D eigenvalue weighted by atomic mass is 10.1. The van der Waals surface area contributed by atoms with Crippen molar-refractivity contribution in [2.45, 2.75) is 26.8 Å². The van der Waals surface area contributed by atoms with Crippen LogP contribution in [0.4, 0.5) is 0 Å². The highest BCUT2D eigenvalue weighted by Crippen LogP contribution is 2.23. The fraction of sp³-hybridized carbons (Fsp3) is 0.389. The summed E-state index contributed by atoms with van der Waals surface area (Å²) in [5.41, 5.74) is 3.06. The van der Waals surface area contributed by atoms with Crippen LogP contribution < -0.4 is 0 Å². The van der Waals surface area contributed by atoms with E-state index in [-0.39, 0.29) is 12.5 Å². The fourth-order valence-electron chi connectivity index (χ4n) is 3.23. The van der Waals surface area contributed by atoms with Gasteiger partial charge in [0.15, 0.2) is 0 Å². The smallest absolute Gasteiger partial charge is 0.308 e. The van der Waals surface area contributed by atoms with Crippen LogP contribution in [0.5, 0.6) is 0 Å². The summed E-state index contributed by atoms with van der Waals surface area (Å²) < 4.78 is 1.80. The Balaban J connectivity index is 1.81. The predicted molar refractivity (Wildman–Crippen MR) is 93.9 cm³/mol. The first kappa shape index (κ1) is 17.5. The largest absolute Gasteiger partial charge is 0.481 e. The van der Waals surface area contributed by atoms with Gasteiger partial charge in [-0.1, -0.05) is 23.7 Å². The topological polar surface area (TPSA) is 75.4 Å². The van der Waals surface area contributed by atoms with Crippen molar-refractivity contribution in [2.24, 2.45) is 5.92 Å². The van der Waals surface area contributed by atoms with Crippen LogP contribution in [-0.2, 0) is 11.3 Å². The van der Waals surface area contributed by atoms with Crippen LogP contribution in [0, 0.1) is 19.8 Å². The molecule has 2 heterocycles. The van der Waals surface area contributed by atoms with E-state index in [1.165, 1.54) is 0 Å². The Hall–Kier alpha value is -2.34. The number of aryl methyl sites for hydroxylation is 1. The van der Waals surface area contributed by atoms with E-state index >= 15 is 0 Å². The van der Waals surface area contributed by atoms with E-state index < -0.39 is 11.9 Å². The van der Waals surface area contributed by atoms with Gasteiger partial charge in [0, 0.05) is 23.8 Å². The van der Waals surface area contributed by atoms with Gasteiger partial charge in [-0.3, -0.25) is 14.3 Å². The number of benzene rings is 1. The average molecular weight is 362 g/mol. The van der Waals surface area contributed by atoms with Crippen molar-refractivity contribution in [1.29, 1.82) is 0 Å². The molecule has 1 N–H and O–H groups in total. The lowest BCUT2D eigenvalue weighted by Crippen LogP contribution is -2.30. The predicted octanol–water partition coefficient (Wildman–Crippen LogP) is 2.75. The van der Waals surface area contributed by atoms with Gasteiger partial charge in [0.1, 0.15) is 0 Å². The fourth-order valence-corrected chi connectivity index (χ4v) is 3.35. The second kappa shape index (κ2) is 6.88. The first-order valence-corrected chi connectivity index (χ1v) is 8.55. The van der Waals surface area contributed by atoms with Crippen LogP contribution in [0.25, 0.3) is 0 Å². The first-order valence-electron chi connectivity index (χ1n) is 8.17. The zero-order valence-corrected chi connectivity index (χ0v) is 15.0. The van der Waals surface area contributed by atoms with Crippen LogP contribution in [0.1, 0.15) is 33.7 Å². The highest BCUT2D eigenvalue weighted by molar-refractivity contribution is 6.30. The molecule has 1 atom stereocenters. The minimum absolute atomic E-state index is 0.138. The summed E-state index contributed by atoms with van der Waals surface area (Å²) in [7, 11) is 0. The van der Waals surface area contributed by atoms with Crippen molar-refractivity contribution < 1.29 is 14.7 Å². The minimum atomic E-state index is -0.845. The molecule has 0 bridgehead atoms. The second-order valence-corrected chi connectivity index (χ2v) is 6.84. The third-order valence-corrected chi connectivity index (χ3v) is 4.92. The van der Waals surface area contributed by atoms with Crippen LogP contribution in [0.15, 0.2) is 24.3 Å². The summed E-state index contributed by atoms with van der Waals surface area (Å²) in [6, 6.07) is 7.51. The van der Waals surface area contributed by atoms with E-state index in [4.69, 9.17) is 16.7 Å². The monoisotopic (exact) mass is 361 g/mol. The van der Waals surface area contributed by atoms with E-state index in [0.29, 0.717) is 35.8 Å². The summed E-state index contributed by atoms with van der Waals surface area (Å²) in [4.78, 5) is 25.6. The Kier molecular flexibility index (Phi) is 4.81. The van der Waals surface area contributed by atoms with E-state index in [9.17, 15) is 9.59 Å². The van der Waals surface area contributed by atoms with Crippen LogP contribution in [0.2, 0.25) is 5.02 Å². The Labute approximate surface area is 151 Å². The van der Waals surface area contributed by atoms with Crippen molar-refractivity contribution in [3.8, 4) is 0 Å². The lowest BCUT2D eigenvalue weighted by molar-refractivity contribution is -0.141. The van der Waals surface area contributed by atoms with Crippen molar-refractivity contribution in [2.75, 3.05) is 13.1 Å². The maximum atomic E-state index is 12.8. The van der Waals surface area contributed by atoms with E-state index in [1.807, 2.05) is 38.1 Å². The van der Waals surface area contributed by atoms with Crippen LogP contribution in [0.3, 0.4) is 0 Å². The van der Waals surface area contributed by atoms with Gasteiger partial charge in [-0.15, -0.1) is 0 Å². The number of likely N-dealkylation sites (tertiary alicyclic amines) is 1. The molecule has 1 saturated heterocycles. The van der Waals surface area contributed by atoms with Crippen LogP contribution in [-0.4, -0.2) is 44.8 Å². The maximum Gasteiger partial charge on any atom is 0.308 e. The third kappa shape index (κ3) is 3.54. The first-order chi connectivity index (χ1) is 11.9. The number of aromatic nitrogens is 2. The van der Waals surface area contributed by atoms with Crippen molar-refractivity contribution in [3.05, 3.63) is 51.8 Å². The summed E-state index contributed by atoms with van der Waals surface area (Å²) in [5, 5.41) is 14.3. The number of carboxylic acids is 1. The van der Waals surface area contributed by atoms with Gasteiger partial charge in [0.25, 0.3) is 5.91 Å². The lowest BCUT2D eigenvalue weighted by Gasteiger charge is -2.16. The number of rotatable bonds is 4. The molecule has 1 aromatic carbocycles. The second-order valence-electron chi connectivity index (χ2n) is 6.40. The number of aliphatic carboxylic acids is 1. The normalized spacial score (nSPS) is 17.1. The zero-order valence-electron chi connectivity index (χ0n) is 14.2. The summed E-state index contributed by atoms with van der Waals surface area (Å²) in [6.45, 7) is 4.96. The number of hydrogen-bond donors (Lipinski definition) is 1. The molecule has 0 saturated carbocycles. The molecule has 0 aliphatic carbocycles. The Morgan fingerprint density at radius 2 is 1.96 bits per heavy atom. The van der Waals surface area contributed by atoms with E-state index in [1.54, 1.807) is 9.58 Å². The van der Waals surface area contributed by atoms with Gasteiger partial charge in [0.2, 0.25) is 0 Å². The van der Waals surface area contributed by atoms with Gasteiger partial charge in [-0.2, -0.15) is 5.10 Å². The number of amides is 1. The molecule has 25 heavy (non-hydrogen) atoms. The Morgan fingerprint density at radius 3 is 2.56 bits per heavy atom. The van der Waals surface area contributed by atoms with Gasteiger partial charge < -0.3 is 10.0 Å². The average Bonchev–Trinajstić information content (AvgIpc) is 3.15. The molecule has 3 rings (SSSR count). The molecule has 1 unspecified atom stereocenters. The van der Waals surface area contributed by atoms with E-state index in [2.05, 4.69) is 5.10 Å². The Bertz CT molecular complexity index is 814. The highest BCUT2D eigenvalue weighted by atomic mass is 35.5. The zero-order chi connectivity index (χ0) is 18.1. The molecule has 1 aliphatic heterocycles. The quantitative estimate of drug-likeness (QED) is 0.908. The molecule has 7 heteroatoms. The molecule has 1 aromatic heterocycles. The molecule has 0 radical (unpaired) electrons. The highest BCUT2D eigenvalue weighted by Gasteiger charge is 2.33. The number of carbonyl (C=O) groups excluding carboxylic acids is 1. The van der Waals surface area contributed by atoms with E-state index in [0.717, 1.165) is 11.3 Å². The maximum absolute atomic E-state index is 12.8. The number of carboxylic acid groups (broad SMARTS) is 1. The van der Waals surface area contributed by atoms with Crippen molar-refractivity contribution in [3.63, 3.8) is 0 Å². The summed E-state index contributed by atoms with van der Waals surface area (Å²) in [5.74, 6) is -1.46. The number of carbonyl (C=O) groups is 2. The number of hydrogen-bond acceptors (Lipinski definition) is 3. The van der Waals surface area contributed by atoms with Crippen LogP contribution >= 0.6 is 11.6 Å². The minimum Gasteiger partial charge on any atom is -0.481 e. The van der Waals surface area contributed by atoms with Gasteiger partial charge in [0.05, 0.1) is 23.7 Å². The van der Waals surface area contributed by atoms with Gasteiger partial charge in [-0.05, 0) is 38.0 Å². The number of nitrogens with zero attached hydrogens (tertiary/aromatic N) is 3. The van der Waals surface area contributed by atoms with Crippen molar-refractivity contribution >= 4 is 23.5 Å². The molecule has 2 aromatic rings. The molecule has 1 fully saturated rings. The molecular formula is C18H20ClN3O3.